The van der Waals surface area contributed by atoms with Gasteiger partial charge in [-0.25, -0.2) is 0 Å². The van der Waals surface area contributed by atoms with Gasteiger partial charge < -0.3 is 14.8 Å². The summed E-state index contributed by atoms with van der Waals surface area (Å²) in [4.78, 5) is 24.2. The van der Waals surface area contributed by atoms with Crippen LogP contribution in [0.1, 0.15) is 26.2 Å². The van der Waals surface area contributed by atoms with Crippen LogP contribution in [-0.2, 0) is 19.1 Å². The Labute approximate surface area is 114 Å². The number of hydrogen-bond donors (Lipinski definition) is 1. The van der Waals surface area contributed by atoms with Crippen LogP contribution in [0.5, 0.6) is 0 Å². The number of carbonyl (C=O) groups is 2. The molecule has 1 aliphatic heterocycles. The molecule has 1 amide bonds. The summed E-state index contributed by atoms with van der Waals surface area (Å²) in [5.74, 6) is -0.248. The third kappa shape index (κ3) is 7.12. The molecule has 1 rings (SSSR count). The zero-order chi connectivity index (χ0) is 14.1. The Balaban J connectivity index is 2.32. The fraction of sp³-hybridized carbons (Fsp3) is 0.846. The van der Waals surface area contributed by atoms with Gasteiger partial charge in [0.15, 0.2) is 0 Å². The number of hydrogen-bond acceptors (Lipinski definition) is 5. The molecule has 1 N–H and O–H groups in total. The Kier molecular flexibility index (Phi) is 7.43. The second kappa shape index (κ2) is 8.87. The topological polar surface area (TPSA) is 67.9 Å². The lowest BCUT2D eigenvalue weighted by molar-refractivity contribution is -0.141. The van der Waals surface area contributed by atoms with Gasteiger partial charge in [-0.2, -0.15) is 0 Å². The molecule has 0 aromatic rings. The van der Waals surface area contributed by atoms with E-state index in [0.29, 0.717) is 19.5 Å². The average molecular weight is 272 g/mol. The highest BCUT2D eigenvalue weighted by Gasteiger charge is 2.19. The van der Waals surface area contributed by atoms with Crippen LogP contribution in [0, 0.1) is 0 Å². The number of rotatable bonds is 8. The first-order valence-corrected chi connectivity index (χ1v) is 6.77. The van der Waals surface area contributed by atoms with Crippen molar-refractivity contribution in [2.45, 2.75) is 32.3 Å². The molecule has 0 aromatic heterocycles. The van der Waals surface area contributed by atoms with E-state index in [1.165, 1.54) is 14.0 Å². The van der Waals surface area contributed by atoms with Gasteiger partial charge in [0, 0.05) is 39.7 Å². The molecule has 0 bridgehead atoms. The standard InChI is InChI=1S/C13H24N2O4/c1-11(16)14-6-8-15(7-5-13(17)18-2)10-12-4-3-9-19-12/h12H,3-10H2,1-2H3,(H,14,16). The molecular formula is C13H24N2O4. The lowest BCUT2D eigenvalue weighted by Gasteiger charge is -2.24. The summed E-state index contributed by atoms with van der Waals surface area (Å²) < 4.78 is 10.2. The second-order valence-corrected chi connectivity index (χ2v) is 4.74. The number of nitrogens with one attached hydrogen (secondary N) is 1. The maximum absolute atomic E-state index is 11.2. The molecule has 1 saturated heterocycles. The molecule has 110 valence electrons. The normalized spacial score (nSPS) is 18.6. The van der Waals surface area contributed by atoms with Crippen LogP contribution in [0.4, 0.5) is 0 Å². The monoisotopic (exact) mass is 272 g/mol. The summed E-state index contributed by atoms with van der Waals surface area (Å²) in [6.45, 7) is 5.06. The van der Waals surface area contributed by atoms with Crippen LogP contribution in [0.2, 0.25) is 0 Å². The molecule has 1 heterocycles. The predicted molar refractivity (Wildman–Crippen MR) is 70.7 cm³/mol. The number of nitrogens with zero attached hydrogens (tertiary/aromatic N) is 1. The largest absolute Gasteiger partial charge is 0.469 e. The van der Waals surface area contributed by atoms with Gasteiger partial charge in [-0.05, 0) is 12.8 Å². The number of esters is 1. The molecule has 1 atom stereocenters. The van der Waals surface area contributed by atoms with Crippen molar-refractivity contribution < 1.29 is 19.1 Å². The van der Waals surface area contributed by atoms with Gasteiger partial charge in [0.2, 0.25) is 5.91 Å². The Hall–Kier alpha value is -1.14. The zero-order valence-corrected chi connectivity index (χ0v) is 11.8. The van der Waals surface area contributed by atoms with Crippen molar-refractivity contribution >= 4 is 11.9 Å². The third-order valence-electron chi connectivity index (χ3n) is 3.15. The Morgan fingerprint density at radius 3 is 2.79 bits per heavy atom. The van der Waals surface area contributed by atoms with E-state index in [0.717, 1.165) is 32.5 Å². The highest BCUT2D eigenvalue weighted by molar-refractivity contribution is 5.72. The summed E-state index contributed by atoms with van der Waals surface area (Å²) in [6.07, 6.45) is 2.77. The fourth-order valence-corrected chi connectivity index (χ4v) is 2.11. The molecule has 19 heavy (non-hydrogen) atoms. The first kappa shape index (κ1) is 15.9. The van der Waals surface area contributed by atoms with E-state index in [4.69, 9.17) is 4.74 Å². The number of methoxy groups -OCH3 is 1. The average Bonchev–Trinajstić information content (AvgIpc) is 2.87. The number of amides is 1. The van der Waals surface area contributed by atoms with Crippen molar-refractivity contribution in [3.8, 4) is 0 Å². The maximum Gasteiger partial charge on any atom is 0.306 e. The summed E-state index contributed by atoms with van der Waals surface area (Å²) in [7, 11) is 1.39. The van der Waals surface area contributed by atoms with E-state index in [2.05, 4.69) is 15.0 Å². The first-order chi connectivity index (χ1) is 9.11. The quantitative estimate of drug-likeness (QED) is 0.638. The van der Waals surface area contributed by atoms with E-state index < -0.39 is 0 Å². The number of ether oxygens (including phenoxy) is 2. The molecule has 0 radical (unpaired) electrons. The van der Waals surface area contributed by atoms with E-state index in [1.807, 2.05) is 0 Å². The van der Waals surface area contributed by atoms with Crippen molar-refractivity contribution in [3.05, 3.63) is 0 Å². The minimum atomic E-state index is -0.211. The second-order valence-electron chi connectivity index (χ2n) is 4.74. The molecule has 6 heteroatoms. The van der Waals surface area contributed by atoms with Crippen LogP contribution in [-0.4, -0.2) is 62.8 Å². The van der Waals surface area contributed by atoms with Crippen molar-refractivity contribution in [1.82, 2.24) is 10.2 Å². The summed E-state index contributed by atoms with van der Waals surface area (Å²) in [5, 5.41) is 2.76. The predicted octanol–water partition coefficient (Wildman–Crippen LogP) is 0.167. The van der Waals surface area contributed by atoms with Gasteiger partial charge in [0.1, 0.15) is 0 Å². The number of carbonyl (C=O) groups excluding carboxylic acids is 2. The van der Waals surface area contributed by atoms with Crippen molar-refractivity contribution in [2.75, 3.05) is 39.9 Å². The lowest BCUT2D eigenvalue weighted by Crippen LogP contribution is -2.39. The van der Waals surface area contributed by atoms with E-state index in [1.54, 1.807) is 0 Å². The van der Waals surface area contributed by atoms with Crippen LogP contribution < -0.4 is 5.32 Å². The van der Waals surface area contributed by atoms with Crippen LogP contribution in [0.3, 0.4) is 0 Å². The fourth-order valence-electron chi connectivity index (χ4n) is 2.11. The minimum absolute atomic E-state index is 0.0370. The third-order valence-corrected chi connectivity index (χ3v) is 3.15. The van der Waals surface area contributed by atoms with Crippen molar-refractivity contribution in [2.24, 2.45) is 0 Å². The van der Waals surface area contributed by atoms with Crippen LogP contribution in [0.15, 0.2) is 0 Å². The molecular weight excluding hydrogens is 248 g/mol. The van der Waals surface area contributed by atoms with Crippen LogP contribution >= 0.6 is 0 Å². The van der Waals surface area contributed by atoms with E-state index in [9.17, 15) is 9.59 Å². The Morgan fingerprint density at radius 1 is 1.42 bits per heavy atom. The highest BCUT2D eigenvalue weighted by Crippen LogP contribution is 2.13. The SMILES string of the molecule is COC(=O)CCN(CCNC(C)=O)CC1CCCO1. The van der Waals surface area contributed by atoms with Crippen molar-refractivity contribution in [1.29, 1.82) is 0 Å². The Bertz CT molecular complexity index is 290. The zero-order valence-electron chi connectivity index (χ0n) is 11.8. The molecule has 1 unspecified atom stereocenters. The van der Waals surface area contributed by atoms with Gasteiger partial charge in [0.25, 0.3) is 0 Å². The smallest absolute Gasteiger partial charge is 0.306 e. The van der Waals surface area contributed by atoms with Gasteiger partial charge in [0.05, 0.1) is 19.6 Å². The molecule has 1 aliphatic rings. The maximum atomic E-state index is 11.2. The molecule has 1 fully saturated rings. The molecule has 6 nitrogen and oxygen atoms in total. The van der Waals surface area contributed by atoms with Gasteiger partial charge >= 0.3 is 5.97 Å². The molecule has 0 aliphatic carbocycles. The summed E-state index contributed by atoms with van der Waals surface area (Å²) in [6, 6.07) is 0. The van der Waals surface area contributed by atoms with Crippen LogP contribution in [0.25, 0.3) is 0 Å². The Morgan fingerprint density at radius 2 is 2.21 bits per heavy atom. The molecule has 0 saturated carbocycles. The molecule has 0 spiro atoms. The van der Waals surface area contributed by atoms with E-state index >= 15 is 0 Å². The van der Waals surface area contributed by atoms with Gasteiger partial charge in [-0.15, -0.1) is 0 Å². The van der Waals surface area contributed by atoms with Gasteiger partial charge in [-0.1, -0.05) is 0 Å². The highest BCUT2D eigenvalue weighted by atomic mass is 16.5. The summed E-state index contributed by atoms with van der Waals surface area (Å²) >= 11 is 0. The molecule has 0 aromatic carbocycles. The van der Waals surface area contributed by atoms with E-state index in [-0.39, 0.29) is 18.0 Å². The summed E-state index contributed by atoms with van der Waals surface area (Å²) in [5.41, 5.74) is 0. The minimum Gasteiger partial charge on any atom is -0.469 e. The van der Waals surface area contributed by atoms with Gasteiger partial charge in [-0.3, -0.25) is 14.5 Å². The van der Waals surface area contributed by atoms with Crippen molar-refractivity contribution in [3.63, 3.8) is 0 Å². The lowest BCUT2D eigenvalue weighted by atomic mass is 10.2. The first-order valence-electron chi connectivity index (χ1n) is 6.77.